The third-order valence-corrected chi connectivity index (χ3v) is 7.63. The van der Waals surface area contributed by atoms with E-state index in [-0.39, 0.29) is 42.0 Å². The minimum atomic E-state index is -0.768. The molecule has 210 valence electrons. The first-order valence-electron chi connectivity index (χ1n) is 13.9. The van der Waals surface area contributed by atoms with Gasteiger partial charge in [-0.1, -0.05) is 58.9 Å². The molecule has 3 atom stereocenters. The number of H-pyrrole nitrogens is 1. The SMILES string of the molecule is CC(C)CC(C(=O)N1CC(C(=O)Nc2ccccc2)CC1C#N)N(C)C(=O)c1cc2cc(C(C)(C)C)ccc2[nH]1. The van der Waals surface area contributed by atoms with Gasteiger partial charge in [-0.05, 0) is 60.1 Å². The van der Waals surface area contributed by atoms with Crippen LogP contribution in [0.3, 0.4) is 0 Å². The topological polar surface area (TPSA) is 109 Å². The minimum absolute atomic E-state index is 0.0237. The lowest BCUT2D eigenvalue weighted by Crippen LogP contribution is -2.51. The van der Waals surface area contributed by atoms with Crippen LogP contribution in [0.15, 0.2) is 54.6 Å². The number of nitriles is 1. The number of aromatic nitrogens is 1. The van der Waals surface area contributed by atoms with Crippen LogP contribution in [0.2, 0.25) is 0 Å². The number of anilines is 1. The van der Waals surface area contributed by atoms with Gasteiger partial charge in [-0.25, -0.2) is 0 Å². The molecule has 2 aromatic carbocycles. The molecule has 4 rings (SSSR count). The molecule has 1 fully saturated rings. The Labute approximate surface area is 236 Å². The normalized spacial score (nSPS) is 18.0. The van der Waals surface area contributed by atoms with Crippen LogP contribution in [-0.2, 0) is 15.0 Å². The summed E-state index contributed by atoms with van der Waals surface area (Å²) < 4.78 is 0. The molecule has 0 bridgehead atoms. The van der Waals surface area contributed by atoms with Crippen LogP contribution in [0.25, 0.3) is 10.9 Å². The first kappa shape index (κ1) is 28.9. The van der Waals surface area contributed by atoms with Crippen LogP contribution >= 0.6 is 0 Å². The van der Waals surface area contributed by atoms with Gasteiger partial charge in [0.2, 0.25) is 11.8 Å². The van der Waals surface area contributed by atoms with Crippen molar-refractivity contribution in [1.82, 2.24) is 14.8 Å². The molecule has 40 heavy (non-hydrogen) atoms. The molecule has 2 N–H and O–H groups in total. The second-order valence-corrected chi connectivity index (χ2v) is 12.2. The highest BCUT2D eigenvalue weighted by Crippen LogP contribution is 2.29. The third-order valence-electron chi connectivity index (χ3n) is 7.63. The summed E-state index contributed by atoms with van der Waals surface area (Å²) in [6, 6.07) is 17.8. The van der Waals surface area contributed by atoms with E-state index in [0.717, 1.165) is 10.9 Å². The lowest BCUT2D eigenvalue weighted by atomic mass is 9.86. The Bertz CT molecular complexity index is 1430. The smallest absolute Gasteiger partial charge is 0.270 e. The first-order chi connectivity index (χ1) is 18.9. The summed E-state index contributed by atoms with van der Waals surface area (Å²) in [6.45, 7) is 10.6. The molecule has 8 heteroatoms. The largest absolute Gasteiger partial charge is 0.351 e. The summed E-state index contributed by atoms with van der Waals surface area (Å²) in [7, 11) is 1.64. The van der Waals surface area contributed by atoms with E-state index in [2.05, 4.69) is 49.3 Å². The zero-order chi connectivity index (χ0) is 29.2. The van der Waals surface area contributed by atoms with Gasteiger partial charge in [-0.3, -0.25) is 14.4 Å². The highest BCUT2D eigenvalue weighted by atomic mass is 16.2. The Kier molecular flexibility index (Phi) is 8.34. The van der Waals surface area contributed by atoms with Crippen molar-refractivity contribution in [3.05, 3.63) is 65.9 Å². The third kappa shape index (κ3) is 6.20. The van der Waals surface area contributed by atoms with Crippen molar-refractivity contribution in [2.45, 2.75) is 65.0 Å². The Balaban J connectivity index is 1.54. The number of para-hydroxylation sites is 1. The van der Waals surface area contributed by atoms with Gasteiger partial charge in [0.25, 0.3) is 5.91 Å². The quantitative estimate of drug-likeness (QED) is 0.421. The lowest BCUT2D eigenvalue weighted by Gasteiger charge is -2.32. The van der Waals surface area contributed by atoms with Gasteiger partial charge in [-0.15, -0.1) is 0 Å². The van der Waals surface area contributed by atoms with Crippen LogP contribution in [-0.4, -0.2) is 58.2 Å². The van der Waals surface area contributed by atoms with E-state index >= 15 is 0 Å². The zero-order valence-corrected chi connectivity index (χ0v) is 24.2. The summed E-state index contributed by atoms with van der Waals surface area (Å²) in [5.74, 6) is -1.21. The van der Waals surface area contributed by atoms with Gasteiger partial charge < -0.3 is 20.1 Å². The number of hydrogen-bond donors (Lipinski definition) is 2. The molecule has 0 aliphatic carbocycles. The maximum Gasteiger partial charge on any atom is 0.270 e. The number of nitrogens with one attached hydrogen (secondary N) is 2. The monoisotopic (exact) mass is 541 g/mol. The summed E-state index contributed by atoms with van der Waals surface area (Å²) in [4.78, 5) is 46.7. The van der Waals surface area contributed by atoms with E-state index in [1.54, 1.807) is 19.2 Å². The number of nitrogens with zero attached hydrogens (tertiary/aromatic N) is 3. The van der Waals surface area contributed by atoms with E-state index in [1.165, 1.54) is 15.4 Å². The molecule has 0 radical (unpaired) electrons. The lowest BCUT2D eigenvalue weighted by molar-refractivity contribution is -0.136. The molecule has 1 aliphatic rings. The Morgan fingerprint density at radius 1 is 1.12 bits per heavy atom. The van der Waals surface area contributed by atoms with Gasteiger partial charge in [0.1, 0.15) is 17.8 Å². The molecule has 0 spiro atoms. The van der Waals surface area contributed by atoms with E-state index < -0.39 is 18.0 Å². The first-order valence-corrected chi connectivity index (χ1v) is 13.9. The molecule has 3 aromatic rings. The number of fused-ring (bicyclic) bond motifs is 1. The molecule has 1 saturated heterocycles. The minimum Gasteiger partial charge on any atom is -0.351 e. The van der Waals surface area contributed by atoms with Gasteiger partial charge in [0.05, 0.1) is 12.0 Å². The Morgan fingerprint density at radius 3 is 2.45 bits per heavy atom. The van der Waals surface area contributed by atoms with Crippen LogP contribution in [0.5, 0.6) is 0 Å². The predicted molar refractivity (Wildman–Crippen MR) is 157 cm³/mol. The maximum absolute atomic E-state index is 13.9. The van der Waals surface area contributed by atoms with Crippen LogP contribution < -0.4 is 5.32 Å². The number of carbonyl (C=O) groups excluding carboxylic acids is 3. The number of benzene rings is 2. The second-order valence-electron chi connectivity index (χ2n) is 12.2. The molecule has 2 heterocycles. The van der Waals surface area contributed by atoms with Crippen molar-refractivity contribution < 1.29 is 14.4 Å². The number of amides is 3. The highest BCUT2D eigenvalue weighted by molar-refractivity contribution is 6.00. The Morgan fingerprint density at radius 2 is 1.82 bits per heavy atom. The predicted octanol–water partition coefficient (Wildman–Crippen LogP) is 5.33. The van der Waals surface area contributed by atoms with Gasteiger partial charge in [0, 0.05) is 30.2 Å². The van der Waals surface area contributed by atoms with Gasteiger partial charge in [-0.2, -0.15) is 5.26 Å². The van der Waals surface area contributed by atoms with Crippen LogP contribution in [0.1, 0.15) is 63.5 Å². The number of aromatic amines is 1. The molecular weight excluding hydrogens is 502 g/mol. The van der Waals surface area contributed by atoms with E-state index in [1.807, 2.05) is 44.2 Å². The molecule has 3 amide bonds. The van der Waals surface area contributed by atoms with Gasteiger partial charge in [0.15, 0.2) is 0 Å². The molecule has 3 unspecified atom stereocenters. The standard InChI is InChI=1S/C32H39N5O3/c1-20(2)14-28(36(6)30(39)27-17-21-15-23(32(3,4)5)12-13-26(21)35-27)31(40)37-19-22(16-25(37)18-33)29(38)34-24-10-8-7-9-11-24/h7-13,15,17,20,22,25,28,35H,14,16,19H2,1-6H3,(H,34,38). The summed E-state index contributed by atoms with van der Waals surface area (Å²) in [5.41, 5.74) is 3.07. The van der Waals surface area contributed by atoms with Crippen molar-refractivity contribution in [1.29, 1.82) is 5.26 Å². The fourth-order valence-electron chi connectivity index (χ4n) is 5.27. The maximum atomic E-state index is 13.9. The summed E-state index contributed by atoms with van der Waals surface area (Å²) in [6.07, 6.45) is 0.691. The second kappa shape index (κ2) is 11.5. The van der Waals surface area contributed by atoms with Crippen LogP contribution in [0, 0.1) is 23.2 Å². The molecular formula is C32H39N5O3. The average Bonchev–Trinajstić information content (AvgIpc) is 3.54. The van der Waals surface area contributed by atoms with Crippen molar-refractivity contribution in [2.75, 3.05) is 18.9 Å². The van der Waals surface area contributed by atoms with Crippen LogP contribution in [0.4, 0.5) is 5.69 Å². The van der Waals surface area contributed by atoms with Crippen molar-refractivity contribution in [3.8, 4) is 6.07 Å². The number of carbonyl (C=O) groups is 3. The van der Waals surface area contributed by atoms with Crippen molar-refractivity contribution >= 4 is 34.3 Å². The number of likely N-dealkylation sites (N-methyl/N-ethyl adjacent to an activating group) is 1. The molecule has 1 aromatic heterocycles. The van der Waals surface area contributed by atoms with E-state index in [9.17, 15) is 19.6 Å². The number of hydrogen-bond acceptors (Lipinski definition) is 4. The number of rotatable bonds is 7. The fraction of sp³-hybridized carbons (Fsp3) is 0.438. The average molecular weight is 542 g/mol. The summed E-state index contributed by atoms with van der Waals surface area (Å²) >= 11 is 0. The van der Waals surface area contributed by atoms with Crippen molar-refractivity contribution in [2.24, 2.45) is 11.8 Å². The zero-order valence-electron chi connectivity index (χ0n) is 24.2. The van der Waals surface area contributed by atoms with E-state index in [0.29, 0.717) is 17.8 Å². The van der Waals surface area contributed by atoms with E-state index in [4.69, 9.17) is 0 Å². The number of likely N-dealkylation sites (tertiary alicyclic amines) is 1. The van der Waals surface area contributed by atoms with Gasteiger partial charge >= 0.3 is 0 Å². The van der Waals surface area contributed by atoms with Crippen molar-refractivity contribution in [3.63, 3.8) is 0 Å². The summed E-state index contributed by atoms with van der Waals surface area (Å²) in [5, 5.41) is 13.7. The molecule has 1 aliphatic heterocycles. The highest BCUT2D eigenvalue weighted by Gasteiger charge is 2.42. The Hall–Kier alpha value is -4.12. The molecule has 0 saturated carbocycles. The molecule has 8 nitrogen and oxygen atoms in total. The fourth-order valence-corrected chi connectivity index (χ4v) is 5.27.